The topological polar surface area (TPSA) is 132 Å². The van der Waals surface area contributed by atoms with Crippen LogP contribution in [-0.2, 0) is 22.5 Å². The van der Waals surface area contributed by atoms with Gasteiger partial charge in [0.2, 0.25) is 5.91 Å². The molecule has 152 valence electrons. The molecular weight excluding hydrogens is 368 g/mol. The van der Waals surface area contributed by atoms with E-state index in [1.165, 1.54) is 12.1 Å². The number of benzene rings is 2. The smallest absolute Gasteiger partial charge is 0.219 e. The number of allylic oxidation sites excluding steroid dienone is 1. The third-order valence-electron chi connectivity index (χ3n) is 4.22. The first kappa shape index (κ1) is 21.7. The minimum absolute atomic E-state index is 0.00628. The third kappa shape index (κ3) is 6.80. The van der Waals surface area contributed by atoms with E-state index in [4.69, 9.17) is 21.3 Å². The molecule has 0 aromatic heterocycles. The number of hydrogen-bond donors (Lipinski definition) is 5. The summed E-state index contributed by atoms with van der Waals surface area (Å²) >= 11 is 0. The number of hydrogen-bond acceptors (Lipinski definition) is 5. The van der Waals surface area contributed by atoms with Gasteiger partial charge >= 0.3 is 0 Å². The van der Waals surface area contributed by atoms with Gasteiger partial charge < -0.3 is 20.9 Å². The van der Waals surface area contributed by atoms with Crippen LogP contribution in [0.15, 0.2) is 60.4 Å². The maximum atomic E-state index is 11.3. The second kappa shape index (κ2) is 10.7. The number of phenols is 1. The van der Waals surface area contributed by atoms with Gasteiger partial charge in [-0.3, -0.25) is 15.6 Å². The fourth-order valence-electron chi connectivity index (χ4n) is 2.54. The summed E-state index contributed by atoms with van der Waals surface area (Å²) < 4.78 is 5.60. The summed E-state index contributed by atoms with van der Waals surface area (Å²) in [6, 6.07) is 14.3. The second-order valence-electron chi connectivity index (χ2n) is 6.40. The predicted octanol–water partition coefficient (Wildman–Crippen LogP) is 2.87. The Labute approximate surface area is 170 Å². The molecule has 0 bridgehead atoms. The molecule has 2 aromatic carbocycles. The molecule has 0 saturated carbocycles. The number of carbonyl (C=O) groups is 1. The summed E-state index contributed by atoms with van der Waals surface area (Å²) in [6.45, 7) is 2.59. The normalized spacial score (nSPS) is 11.0. The van der Waals surface area contributed by atoms with Crippen LogP contribution in [0.2, 0.25) is 0 Å². The van der Waals surface area contributed by atoms with E-state index in [-0.39, 0.29) is 35.6 Å². The van der Waals surface area contributed by atoms with E-state index in [9.17, 15) is 9.90 Å². The van der Waals surface area contributed by atoms with Gasteiger partial charge in [-0.2, -0.15) is 0 Å². The Hall–Kier alpha value is -3.61. The van der Waals surface area contributed by atoms with E-state index in [2.05, 4.69) is 5.32 Å². The molecule has 2 aromatic rings. The second-order valence-corrected chi connectivity index (χ2v) is 6.40. The number of amides is 1. The van der Waals surface area contributed by atoms with Crippen LogP contribution in [0.3, 0.4) is 0 Å². The van der Waals surface area contributed by atoms with Crippen LogP contribution >= 0.6 is 0 Å². The molecule has 0 atom stereocenters. The van der Waals surface area contributed by atoms with Crippen LogP contribution in [0.25, 0.3) is 0 Å². The molecule has 0 aliphatic heterocycles. The first-order valence-corrected chi connectivity index (χ1v) is 9.31. The third-order valence-corrected chi connectivity index (χ3v) is 4.22. The number of carbonyl (C=O) groups excluding carboxylic acids is 1. The molecule has 1 amide bonds. The van der Waals surface area contributed by atoms with Gasteiger partial charge in [-0.15, -0.1) is 0 Å². The fraction of sp³-hybridized carbons (Fsp3) is 0.227. The van der Waals surface area contributed by atoms with E-state index >= 15 is 0 Å². The zero-order valence-electron chi connectivity index (χ0n) is 16.4. The average Bonchev–Trinajstić information content (AvgIpc) is 2.72. The lowest BCUT2D eigenvalue weighted by Crippen LogP contribution is -2.21. The van der Waals surface area contributed by atoms with E-state index in [1.807, 2.05) is 31.2 Å². The predicted molar refractivity (Wildman–Crippen MR) is 113 cm³/mol. The SMILES string of the molecule is CCC(=O)NCc1ccc(CCO/C(=C/C(=N)c2ccccc2O)C(=N)N)cc1. The summed E-state index contributed by atoms with van der Waals surface area (Å²) in [5, 5.41) is 28.4. The Morgan fingerprint density at radius 3 is 2.41 bits per heavy atom. The largest absolute Gasteiger partial charge is 0.507 e. The number of phenolic OH excluding ortho intramolecular Hbond substituents is 1. The lowest BCUT2D eigenvalue weighted by Gasteiger charge is -2.11. The number of para-hydroxylation sites is 1. The number of nitrogens with two attached hydrogens (primary N) is 1. The van der Waals surface area contributed by atoms with Crippen molar-refractivity contribution >= 4 is 17.5 Å². The van der Waals surface area contributed by atoms with Crippen LogP contribution in [0.1, 0.15) is 30.0 Å². The van der Waals surface area contributed by atoms with E-state index in [1.54, 1.807) is 18.2 Å². The van der Waals surface area contributed by atoms with Crippen molar-refractivity contribution in [2.45, 2.75) is 26.3 Å². The fourth-order valence-corrected chi connectivity index (χ4v) is 2.54. The number of ether oxygens (including phenoxy) is 1. The van der Waals surface area contributed by atoms with Gasteiger partial charge in [0.15, 0.2) is 11.6 Å². The highest BCUT2D eigenvalue weighted by molar-refractivity contribution is 6.11. The average molecular weight is 394 g/mol. The monoisotopic (exact) mass is 394 g/mol. The van der Waals surface area contributed by atoms with Crippen molar-refractivity contribution in [2.24, 2.45) is 5.73 Å². The minimum atomic E-state index is -0.285. The number of rotatable bonds is 10. The minimum Gasteiger partial charge on any atom is -0.507 e. The summed E-state index contributed by atoms with van der Waals surface area (Å²) in [5.74, 6) is -0.211. The Balaban J connectivity index is 1.92. The van der Waals surface area contributed by atoms with Crippen LogP contribution in [-0.4, -0.2) is 29.2 Å². The molecular formula is C22H26N4O3. The molecule has 0 unspecified atom stereocenters. The van der Waals surface area contributed by atoms with Gasteiger partial charge in [0.25, 0.3) is 0 Å². The van der Waals surface area contributed by atoms with E-state index in [0.717, 1.165) is 11.1 Å². The van der Waals surface area contributed by atoms with Gasteiger partial charge in [0.1, 0.15) is 5.75 Å². The summed E-state index contributed by atoms with van der Waals surface area (Å²) in [6.07, 6.45) is 2.38. The molecule has 7 heteroatoms. The van der Waals surface area contributed by atoms with Crippen molar-refractivity contribution in [2.75, 3.05) is 6.61 Å². The van der Waals surface area contributed by atoms with Gasteiger partial charge in [0.05, 0.1) is 12.3 Å². The van der Waals surface area contributed by atoms with Crippen LogP contribution in [0, 0.1) is 10.8 Å². The molecule has 7 nitrogen and oxygen atoms in total. The van der Waals surface area contributed by atoms with Gasteiger partial charge in [0, 0.05) is 31.0 Å². The maximum Gasteiger partial charge on any atom is 0.219 e. The van der Waals surface area contributed by atoms with E-state index in [0.29, 0.717) is 24.9 Å². The molecule has 29 heavy (non-hydrogen) atoms. The highest BCUT2D eigenvalue weighted by Crippen LogP contribution is 2.17. The summed E-state index contributed by atoms with van der Waals surface area (Å²) in [4.78, 5) is 11.3. The molecule has 0 radical (unpaired) electrons. The van der Waals surface area contributed by atoms with Crippen molar-refractivity contribution in [1.29, 1.82) is 10.8 Å². The summed E-state index contributed by atoms with van der Waals surface area (Å²) in [7, 11) is 0. The number of amidine groups is 1. The Morgan fingerprint density at radius 1 is 1.14 bits per heavy atom. The Kier molecular flexibility index (Phi) is 7.97. The van der Waals surface area contributed by atoms with Crippen molar-refractivity contribution < 1.29 is 14.6 Å². The van der Waals surface area contributed by atoms with Crippen LogP contribution < -0.4 is 11.1 Å². The molecule has 0 heterocycles. The van der Waals surface area contributed by atoms with Gasteiger partial charge in [-0.1, -0.05) is 43.3 Å². The molecule has 0 fully saturated rings. The van der Waals surface area contributed by atoms with Crippen LogP contribution in [0.4, 0.5) is 0 Å². The lowest BCUT2D eigenvalue weighted by molar-refractivity contribution is -0.120. The van der Waals surface area contributed by atoms with Crippen molar-refractivity contribution in [3.8, 4) is 5.75 Å². The maximum absolute atomic E-state index is 11.3. The number of nitrogens with one attached hydrogen (secondary N) is 3. The molecule has 2 rings (SSSR count). The Bertz CT molecular complexity index is 905. The molecule has 0 aliphatic rings. The highest BCUT2D eigenvalue weighted by atomic mass is 16.5. The Morgan fingerprint density at radius 2 is 1.79 bits per heavy atom. The van der Waals surface area contributed by atoms with Crippen molar-refractivity contribution in [3.63, 3.8) is 0 Å². The zero-order valence-corrected chi connectivity index (χ0v) is 16.4. The van der Waals surface area contributed by atoms with Crippen LogP contribution in [0.5, 0.6) is 5.75 Å². The molecule has 0 aliphatic carbocycles. The van der Waals surface area contributed by atoms with Crippen molar-refractivity contribution in [3.05, 3.63) is 77.1 Å². The lowest BCUT2D eigenvalue weighted by atomic mass is 10.1. The first-order chi connectivity index (χ1) is 13.9. The molecule has 6 N–H and O–H groups in total. The summed E-state index contributed by atoms with van der Waals surface area (Å²) in [5.41, 5.74) is 7.95. The first-order valence-electron chi connectivity index (χ1n) is 9.31. The number of aromatic hydroxyl groups is 1. The van der Waals surface area contributed by atoms with Crippen molar-refractivity contribution in [1.82, 2.24) is 5.32 Å². The zero-order chi connectivity index (χ0) is 21.2. The standard InChI is InChI=1S/C22H26N4O3/c1-2-21(28)26-14-16-9-7-15(8-10-16)11-12-29-20(22(24)25)13-18(23)17-5-3-4-6-19(17)27/h3-10,13,23,27H,2,11-12,14H2,1H3,(H3,24,25)(H,26,28)/b20-13+,23-18?. The quantitative estimate of drug-likeness (QED) is 0.241. The highest BCUT2D eigenvalue weighted by Gasteiger charge is 2.09. The van der Waals surface area contributed by atoms with Gasteiger partial charge in [-0.05, 0) is 23.3 Å². The molecule has 0 saturated heterocycles. The van der Waals surface area contributed by atoms with E-state index < -0.39 is 0 Å². The molecule has 0 spiro atoms. The van der Waals surface area contributed by atoms with Gasteiger partial charge in [-0.25, -0.2) is 0 Å².